The van der Waals surface area contributed by atoms with Crippen LogP contribution >= 0.6 is 0 Å². The van der Waals surface area contributed by atoms with Gasteiger partial charge in [-0.2, -0.15) is 0 Å². The highest BCUT2D eigenvalue weighted by molar-refractivity contribution is 6.32. The van der Waals surface area contributed by atoms with Crippen molar-refractivity contribution >= 4 is 11.9 Å². The molecule has 0 aliphatic heterocycles. The SMILES string of the molecule is CCOC(=O)C(=O)N(C)Cc1ccco1. The fraction of sp³-hybridized carbons (Fsp3) is 0.400. The van der Waals surface area contributed by atoms with Gasteiger partial charge in [0.15, 0.2) is 0 Å². The zero-order chi connectivity index (χ0) is 11.3. The highest BCUT2D eigenvalue weighted by Gasteiger charge is 2.20. The highest BCUT2D eigenvalue weighted by atomic mass is 16.5. The Kier molecular flexibility index (Phi) is 3.91. The van der Waals surface area contributed by atoms with E-state index in [9.17, 15) is 9.59 Å². The van der Waals surface area contributed by atoms with Crippen molar-refractivity contribution in [2.45, 2.75) is 13.5 Å². The second-order valence-corrected chi connectivity index (χ2v) is 2.96. The lowest BCUT2D eigenvalue weighted by Crippen LogP contribution is -2.34. The molecule has 0 aromatic carbocycles. The molecule has 0 atom stereocenters. The molecule has 0 aliphatic rings. The molecule has 1 aromatic heterocycles. The van der Waals surface area contributed by atoms with Crippen LogP contribution < -0.4 is 0 Å². The molecule has 0 radical (unpaired) electrons. The lowest BCUT2D eigenvalue weighted by atomic mass is 10.4. The number of nitrogens with zero attached hydrogens (tertiary/aromatic N) is 1. The third kappa shape index (κ3) is 3.12. The largest absolute Gasteiger partial charge is 0.467 e. The van der Waals surface area contributed by atoms with Crippen LogP contribution in [-0.4, -0.2) is 30.4 Å². The van der Waals surface area contributed by atoms with E-state index in [1.807, 2.05) is 0 Å². The quantitative estimate of drug-likeness (QED) is 0.548. The Morgan fingerprint density at radius 2 is 2.27 bits per heavy atom. The summed E-state index contributed by atoms with van der Waals surface area (Å²) in [7, 11) is 1.52. The van der Waals surface area contributed by atoms with Gasteiger partial charge in [-0.25, -0.2) is 4.79 Å². The molecular formula is C10H13NO4. The monoisotopic (exact) mass is 211 g/mol. The Bertz CT molecular complexity index is 331. The Balaban J connectivity index is 2.50. The molecule has 0 saturated heterocycles. The minimum atomic E-state index is -0.841. The summed E-state index contributed by atoms with van der Waals surface area (Å²) in [4.78, 5) is 23.7. The van der Waals surface area contributed by atoms with E-state index in [-0.39, 0.29) is 13.2 Å². The highest BCUT2D eigenvalue weighted by Crippen LogP contribution is 2.04. The molecule has 0 spiro atoms. The zero-order valence-corrected chi connectivity index (χ0v) is 8.73. The molecule has 0 unspecified atom stereocenters. The van der Waals surface area contributed by atoms with Gasteiger partial charge in [-0.1, -0.05) is 0 Å². The average molecular weight is 211 g/mol. The fourth-order valence-corrected chi connectivity index (χ4v) is 1.06. The summed E-state index contributed by atoms with van der Waals surface area (Å²) < 4.78 is 9.63. The number of carbonyl (C=O) groups excluding carboxylic acids is 2. The minimum absolute atomic E-state index is 0.194. The summed E-state index contributed by atoms with van der Waals surface area (Å²) in [6, 6.07) is 3.45. The molecule has 82 valence electrons. The Hall–Kier alpha value is -1.78. The number of ether oxygens (including phenoxy) is 1. The Labute approximate surface area is 87.6 Å². The number of likely N-dealkylation sites (N-methyl/N-ethyl adjacent to an activating group) is 1. The van der Waals surface area contributed by atoms with Gasteiger partial charge in [0.1, 0.15) is 5.76 Å². The maximum Gasteiger partial charge on any atom is 0.397 e. The molecule has 0 bridgehead atoms. The van der Waals surface area contributed by atoms with Gasteiger partial charge < -0.3 is 14.1 Å². The van der Waals surface area contributed by atoms with Crippen molar-refractivity contribution in [3.05, 3.63) is 24.2 Å². The molecule has 0 fully saturated rings. The zero-order valence-electron chi connectivity index (χ0n) is 8.73. The molecule has 0 saturated carbocycles. The second-order valence-electron chi connectivity index (χ2n) is 2.96. The first-order chi connectivity index (χ1) is 7.15. The number of amides is 1. The van der Waals surface area contributed by atoms with Gasteiger partial charge in [0.05, 0.1) is 19.4 Å². The lowest BCUT2D eigenvalue weighted by Gasteiger charge is -2.13. The molecule has 1 rings (SSSR count). The molecule has 5 nitrogen and oxygen atoms in total. The number of carbonyl (C=O) groups is 2. The number of hydrogen-bond donors (Lipinski definition) is 0. The van der Waals surface area contributed by atoms with Crippen LogP contribution in [0.4, 0.5) is 0 Å². The van der Waals surface area contributed by atoms with Crippen LogP contribution in [0, 0.1) is 0 Å². The molecule has 5 heteroatoms. The molecule has 0 aliphatic carbocycles. The van der Waals surface area contributed by atoms with Gasteiger partial charge >= 0.3 is 11.9 Å². The van der Waals surface area contributed by atoms with Gasteiger partial charge in [-0.3, -0.25) is 4.79 Å². The van der Waals surface area contributed by atoms with Crippen LogP contribution in [0.3, 0.4) is 0 Å². The Morgan fingerprint density at radius 3 is 2.80 bits per heavy atom. The van der Waals surface area contributed by atoms with Crippen LogP contribution in [0.2, 0.25) is 0 Å². The van der Waals surface area contributed by atoms with Gasteiger partial charge in [0.25, 0.3) is 0 Å². The lowest BCUT2D eigenvalue weighted by molar-refractivity contribution is -0.159. The van der Waals surface area contributed by atoms with E-state index in [1.54, 1.807) is 19.1 Å². The summed E-state index contributed by atoms with van der Waals surface area (Å²) in [5.74, 6) is -0.894. The molecule has 15 heavy (non-hydrogen) atoms. The van der Waals surface area contributed by atoms with Crippen molar-refractivity contribution < 1.29 is 18.7 Å². The van der Waals surface area contributed by atoms with Crippen LogP contribution in [0.25, 0.3) is 0 Å². The summed E-state index contributed by atoms with van der Waals surface area (Å²) in [5, 5.41) is 0. The van der Waals surface area contributed by atoms with E-state index in [1.165, 1.54) is 18.2 Å². The third-order valence-corrected chi connectivity index (χ3v) is 1.77. The number of furan rings is 1. The van der Waals surface area contributed by atoms with Gasteiger partial charge in [-0.15, -0.1) is 0 Å². The molecular weight excluding hydrogens is 198 g/mol. The average Bonchev–Trinajstić information content (AvgIpc) is 2.69. The summed E-state index contributed by atoms with van der Waals surface area (Å²) in [5.41, 5.74) is 0. The van der Waals surface area contributed by atoms with Crippen molar-refractivity contribution in [2.24, 2.45) is 0 Å². The Morgan fingerprint density at radius 1 is 1.53 bits per heavy atom. The van der Waals surface area contributed by atoms with Crippen LogP contribution in [0.5, 0.6) is 0 Å². The van der Waals surface area contributed by atoms with E-state index < -0.39 is 11.9 Å². The molecule has 1 amide bonds. The predicted molar refractivity (Wildman–Crippen MR) is 51.8 cm³/mol. The van der Waals surface area contributed by atoms with Crippen molar-refractivity contribution in [1.29, 1.82) is 0 Å². The van der Waals surface area contributed by atoms with E-state index in [4.69, 9.17) is 4.42 Å². The third-order valence-electron chi connectivity index (χ3n) is 1.77. The maximum atomic E-state index is 11.4. The van der Waals surface area contributed by atoms with Crippen molar-refractivity contribution in [2.75, 3.05) is 13.7 Å². The minimum Gasteiger partial charge on any atom is -0.467 e. The summed E-state index contributed by atoms with van der Waals surface area (Å²) >= 11 is 0. The fourth-order valence-electron chi connectivity index (χ4n) is 1.06. The normalized spacial score (nSPS) is 9.73. The molecule has 0 N–H and O–H groups in total. The first kappa shape index (κ1) is 11.3. The first-order valence-corrected chi connectivity index (χ1v) is 4.59. The van der Waals surface area contributed by atoms with Crippen LogP contribution in [-0.2, 0) is 20.9 Å². The van der Waals surface area contributed by atoms with Gasteiger partial charge in [0, 0.05) is 7.05 Å². The summed E-state index contributed by atoms with van der Waals surface area (Å²) in [6.45, 7) is 2.10. The van der Waals surface area contributed by atoms with E-state index in [2.05, 4.69) is 4.74 Å². The first-order valence-electron chi connectivity index (χ1n) is 4.59. The predicted octanol–water partition coefficient (Wildman–Crippen LogP) is 0.801. The maximum absolute atomic E-state index is 11.4. The second kappa shape index (κ2) is 5.19. The van der Waals surface area contributed by atoms with Crippen molar-refractivity contribution in [1.82, 2.24) is 4.90 Å². The number of esters is 1. The standard InChI is InChI=1S/C10H13NO4/c1-3-14-10(13)9(12)11(2)7-8-5-4-6-15-8/h4-6H,3,7H2,1-2H3. The smallest absolute Gasteiger partial charge is 0.397 e. The number of rotatable bonds is 3. The van der Waals surface area contributed by atoms with E-state index in [0.717, 1.165) is 0 Å². The van der Waals surface area contributed by atoms with E-state index >= 15 is 0 Å². The van der Waals surface area contributed by atoms with Crippen LogP contribution in [0.1, 0.15) is 12.7 Å². The molecule has 1 aromatic rings. The van der Waals surface area contributed by atoms with Crippen molar-refractivity contribution in [3.63, 3.8) is 0 Å². The molecule has 1 heterocycles. The van der Waals surface area contributed by atoms with Gasteiger partial charge in [-0.05, 0) is 19.1 Å². The van der Waals surface area contributed by atoms with Gasteiger partial charge in [0.2, 0.25) is 0 Å². The van der Waals surface area contributed by atoms with Crippen LogP contribution in [0.15, 0.2) is 22.8 Å². The van der Waals surface area contributed by atoms with Crippen molar-refractivity contribution in [3.8, 4) is 0 Å². The topological polar surface area (TPSA) is 59.8 Å². The number of hydrogen-bond acceptors (Lipinski definition) is 4. The van der Waals surface area contributed by atoms with E-state index in [0.29, 0.717) is 5.76 Å². The summed E-state index contributed by atoms with van der Waals surface area (Å²) in [6.07, 6.45) is 1.51.